The van der Waals surface area contributed by atoms with E-state index in [0.29, 0.717) is 3.57 Å². The molecule has 0 heterocycles. The molecule has 2 heteroatoms. The van der Waals surface area contributed by atoms with Crippen molar-refractivity contribution in [2.45, 2.75) is 0 Å². The quantitative estimate of drug-likeness (QED) is 0.695. The van der Waals surface area contributed by atoms with Crippen molar-refractivity contribution < 1.29 is 4.39 Å². The first-order valence-corrected chi connectivity index (χ1v) is 5.36. The van der Waals surface area contributed by atoms with Crippen molar-refractivity contribution in [3.05, 3.63) is 57.9 Å². The van der Waals surface area contributed by atoms with Crippen molar-refractivity contribution in [1.82, 2.24) is 0 Å². The molecule has 0 saturated carbocycles. The van der Waals surface area contributed by atoms with Crippen LogP contribution in [0.2, 0.25) is 0 Å². The molecule has 2 aromatic rings. The Morgan fingerprint density at radius 3 is 2.21 bits per heavy atom. The molecule has 0 aliphatic heterocycles. The van der Waals surface area contributed by atoms with Gasteiger partial charge in [-0.15, -0.1) is 0 Å². The lowest BCUT2D eigenvalue weighted by molar-refractivity contribution is 0.620. The largest absolute Gasteiger partial charge is 0.206 e. The molecule has 2 rings (SSSR count). The minimum Gasteiger partial charge on any atom is -0.206 e. The third-order valence-electron chi connectivity index (χ3n) is 2.03. The fraction of sp³-hybridized carbons (Fsp3) is 0. The Labute approximate surface area is 95.9 Å². The Morgan fingerprint density at radius 2 is 1.57 bits per heavy atom. The van der Waals surface area contributed by atoms with Gasteiger partial charge in [0.15, 0.2) is 0 Å². The molecule has 0 unspecified atom stereocenters. The van der Waals surface area contributed by atoms with E-state index < -0.39 is 0 Å². The predicted octanol–water partition coefficient (Wildman–Crippen LogP) is 4.10. The first-order valence-electron chi connectivity index (χ1n) is 4.28. The summed E-state index contributed by atoms with van der Waals surface area (Å²) >= 11 is 2.00. The summed E-state index contributed by atoms with van der Waals surface area (Å²) in [7, 11) is 0. The standard InChI is InChI=1S/C12H8FI/c13-11-7-6-10(8-12(11)14)9-4-2-1-3-5-9/h1-8H. The van der Waals surface area contributed by atoms with E-state index in [1.165, 1.54) is 6.07 Å². The van der Waals surface area contributed by atoms with Crippen LogP contribution in [0.25, 0.3) is 11.1 Å². The topological polar surface area (TPSA) is 0 Å². The summed E-state index contributed by atoms with van der Waals surface area (Å²) in [5.41, 5.74) is 2.17. The van der Waals surface area contributed by atoms with Crippen LogP contribution < -0.4 is 0 Å². The van der Waals surface area contributed by atoms with E-state index in [9.17, 15) is 4.39 Å². The normalized spacial score (nSPS) is 10.1. The van der Waals surface area contributed by atoms with Crippen LogP contribution in [0.5, 0.6) is 0 Å². The number of hydrogen-bond acceptors (Lipinski definition) is 0. The van der Waals surface area contributed by atoms with Gasteiger partial charge in [-0.1, -0.05) is 36.4 Å². The molecule has 0 aromatic heterocycles. The summed E-state index contributed by atoms with van der Waals surface area (Å²) in [5, 5.41) is 0. The summed E-state index contributed by atoms with van der Waals surface area (Å²) in [4.78, 5) is 0. The zero-order chi connectivity index (χ0) is 9.97. The van der Waals surface area contributed by atoms with Gasteiger partial charge in [0.25, 0.3) is 0 Å². The summed E-state index contributed by atoms with van der Waals surface area (Å²) in [6.45, 7) is 0. The molecule has 14 heavy (non-hydrogen) atoms. The Kier molecular flexibility index (Phi) is 2.82. The molecule has 0 amide bonds. The van der Waals surface area contributed by atoms with Gasteiger partial charge >= 0.3 is 0 Å². The van der Waals surface area contributed by atoms with Gasteiger partial charge in [0.05, 0.1) is 0 Å². The van der Waals surface area contributed by atoms with Gasteiger partial charge < -0.3 is 0 Å². The summed E-state index contributed by atoms with van der Waals surface area (Å²) < 4.78 is 13.7. The first kappa shape index (κ1) is 9.65. The molecule has 0 N–H and O–H groups in total. The molecule has 0 aliphatic carbocycles. The molecule has 0 aliphatic rings. The van der Waals surface area contributed by atoms with Crippen LogP contribution in [0, 0.1) is 9.39 Å². The second kappa shape index (κ2) is 4.09. The maximum Gasteiger partial charge on any atom is 0.136 e. The second-order valence-corrected chi connectivity index (χ2v) is 4.16. The smallest absolute Gasteiger partial charge is 0.136 e. The van der Waals surface area contributed by atoms with Crippen LogP contribution in [-0.4, -0.2) is 0 Å². The van der Waals surface area contributed by atoms with Crippen LogP contribution in [0.15, 0.2) is 48.5 Å². The van der Waals surface area contributed by atoms with Crippen molar-refractivity contribution in [2.24, 2.45) is 0 Å². The highest BCUT2D eigenvalue weighted by atomic mass is 127. The molecule has 70 valence electrons. The van der Waals surface area contributed by atoms with Gasteiger partial charge in [0.2, 0.25) is 0 Å². The first-order chi connectivity index (χ1) is 6.77. The zero-order valence-electron chi connectivity index (χ0n) is 7.37. The van der Waals surface area contributed by atoms with Gasteiger partial charge in [-0.25, -0.2) is 4.39 Å². The second-order valence-electron chi connectivity index (χ2n) is 2.99. The highest BCUT2D eigenvalue weighted by molar-refractivity contribution is 14.1. The Morgan fingerprint density at radius 1 is 0.857 bits per heavy atom. The van der Waals surface area contributed by atoms with Gasteiger partial charge in [-0.2, -0.15) is 0 Å². The van der Waals surface area contributed by atoms with E-state index >= 15 is 0 Å². The van der Waals surface area contributed by atoms with E-state index in [-0.39, 0.29) is 5.82 Å². The van der Waals surface area contributed by atoms with Crippen molar-refractivity contribution in [3.63, 3.8) is 0 Å². The molecule has 0 radical (unpaired) electrons. The highest BCUT2D eigenvalue weighted by Crippen LogP contribution is 2.22. The third-order valence-corrected chi connectivity index (χ3v) is 2.85. The van der Waals surface area contributed by atoms with E-state index in [2.05, 4.69) is 0 Å². The minimum atomic E-state index is -0.162. The number of benzene rings is 2. The fourth-order valence-electron chi connectivity index (χ4n) is 1.31. The van der Waals surface area contributed by atoms with E-state index in [0.717, 1.165) is 11.1 Å². The molecule has 0 fully saturated rings. The van der Waals surface area contributed by atoms with E-state index in [1.807, 2.05) is 59.0 Å². The van der Waals surface area contributed by atoms with Crippen molar-refractivity contribution in [2.75, 3.05) is 0 Å². The molecule has 0 atom stereocenters. The SMILES string of the molecule is Fc1ccc(-c2ccccc2)cc1I. The van der Waals surface area contributed by atoms with Gasteiger partial charge in [0, 0.05) is 3.57 Å². The Hall–Kier alpha value is -0.900. The van der Waals surface area contributed by atoms with Crippen molar-refractivity contribution >= 4 is 22.6 Å². The van der Waals surface area contributed by atoms with Crippen LogP contribution >= 0.6 is 22.6 Å². The molecule has 0 spiro atoms. The molecule has 2 aromatic carbocycles. The molecular formula is C12H8FI. The average Bonchev–Trinajstić information content (AvgIpc) is 2.23. The lowest BCUT2D eigenvalue weighted by Crippen LogP contribution is -1.83. The summed E-state index contributed by atoms with van der Waals surface area (Å²) in [6.07, 6.45) is 0. The summed E-state index contributed by atoms with van der Waals surface area (Å²) in [6, 6.07) is 15.1. The van der Waals surface area contributed by atoms with E-state index in [1.54, 1.807) is 6.07 Å². The Bertz CT molecular complexity index is 437. The van der Waals surface area contributed by atoms with Crippen molar-refractivity contribution in [3.8, 4) is 11.1 Å². The fourth-order valence-corrected chi connectivity index (χ4v) is 1.82. The molecule has 0 bridgehead atoms. The van der Waals surface area contributed by atoms with Crippen LogP contribution in [0.3, 0.4) is 0 Å². The zero-order valence-corrected chi connectivity index (χ0v) is 9.53. The monoisotopic (exact) mass is 298 g/mol. The molecule has 0 nitrogen and oxygen atoms in total. The van der Waals surface area contributed by atoms with Crippen LogP contribution in [0.4, 0.5) is 4.39 Å². The molecular weight excluding hydrogens is 290 g/mol. The number of halogens is 2. The van der Waals surface area contributed by atoms with Crippen molar-refractivity contribution in [1.29, 1.82) is 0 Å². The predicted molar refractivity (Wildman–Crippen MR) is 64.6 cm³/mol. The van der Waals surface area contributed by atoms with Crippen LogP contribution in [-0.2, 0) is 0 Å². The van der Waals surface area contributed by atoms with Gasteiger partial charge in [-0.05, 0) is 45.9 Å². The van der Waals surface area contributed by atoms with Gasteiger partial charge in [0.1, 0.15) is 5.82 Å². The highest BCUT2D eigenvalue weighted by Gasteiger charge is 2.01. The number of hydrogen-bond donors (Lipinski definition) is 0. The maximum absolute atomic E-state index is 13.0. The van der Waals surface area contributed by atoms with Gasteiger partial charge in [-0.3, -0.25) is 0 Å². The third kappa shape index (κ3) is 1.95. The Balaban J connectivity index is 2.48. The number of rotatable bonds is 1. The molecule has 0 saturated heterocycles. The van der Waals surface area contributed by atoms with E-state index in [4.69, 9.17) is 0 Å². The summed E-state index contributed by atoms with van der Waals surface area (Å²) in [5.74, 6) is -0.162. The lowest BCUT2D eigenvalue weighted by atomic mass is 10.1. The average molecular weight is 298 g/mol. The minimum absolute atomic E-state index is 0.162. The lowest BCUT2D eigenvalue weighted by Gasteiger charge is -2.02. The van der Waals surface area contributed by atoms with Crippen LogP contribution in [0.1, 0.15) is 0 Å². The maximum atomic E-state index is 13.0.